The van der Waals surface area contributed by atoms with E-state index in [1.165, 1.54) is 0 Å². The molecule has 0 bridgehead atoms. The highest BCUT2D eigenvalue weighted by molar-refractivity contribution is 7.99. The van der Waals surface area contributed by atoms with Crippen molar-refractivity contribution in [2.45, 2.75) is 30.6 Å². The Balaban J connectivity index is 1.51. The van der Waals surface area contributed by atoms with Crippen LogP contribution < -0.4 is 5.73 Å². The molecule has 1 amide bonds. The van der Waals surface area contributed by atoms with Gasteiger partial charge in [0.1, 0.15) is 5.82 Å². The molecule has 0 saturated carbocycles. The van der Waals surface area contributed by atoms with Gasteiger partial charge in [-0.1, -0.05) is 41.6 Å². The van der Waals surface area contributed by atoms with Gasteiger partial charge >= 0.3 is 0 Å². The smallest absolute Gasteiger partial charge is 0.217 e. The van der Waals surface area contributed by atoms with Gasteiger partial charge in [0.2, 0.25) is 5.91 Å². The lowest BCUT2D eigenvalue weighted by Gasteiger charge is -2.32. The highest BCUT2D eigenvalue weighted by Crippen LogP contribution is 2.22. The molecule has 27 heavy (non-hydrogen) atoms. The van der Waals surface area contributed by atoms with Crippen LogP contribution in [0.1, 0.15) is 17.8 Å². The largest absolute Gasteiger partial charge is 0.375 e. The quantitative estimate of drug-likeness (QED) is 0.670. The number of morpholine rings is 1. The van der Waals surface area contributed by atoms with Crippen molar-refractivity contribution in [3.63, 3.8) is 0 Å². The number of nitrogens with two attached hydrogens (primary N) is 1. The third-order valence-electron chi connectivity index (χ3n) is 4.49. The minimum absolute atomic E-state index is 0.122. The number of carbonyl (C=O) groups excluding carboxylic acids is 1. The molecule has 7 nitrogen and oxygen atoms in total. The van der Waals surface area contributed by atoms with Crippen molar-refractivity contribution in [1.82, 2.24) is 19.7 Å². The van der Waals surface area contributed by atoms with Crippen LogP contribution >= 0.6 is 23.4 Å². The summed E-state index contributed by atoms with van der Waals surface area (Å²) < 4.78 is 7.82. The van der Waals surface area contributed by atoms with Crippen molar-refractivity contribution in [2.75, 3.05) is 25.4 Å². The molecule has 1 atom stereocenters. The number of benzene rings is 1. The third kappa shape index (κ3) is 5.68. The number of aromatic nitrogens is 3. The summed E-state index contributed by atoms with van der Waals surface area (Å²) in [5, 5.41) is 9.99. The molecule has 146 valence electrons. The Morgan fingerprint density at radius 2 is 2.22 bits per heavy atom. The number of hydrogen-bond donors (Lipinski definition) is 1. The number of amides is 1. The van der Waals surface area contributed by atoms with Crippen LogP contribution in [0, 0.1) is 0 Å². The van der Waals surface area contributed by atoms with Gasteiger partial charge in [0.15, 0.2) is 5.16 Å². The third-order valence-corrected chi connectivity index (χ3v) is 6.01. The first-order valence-electron chi connectivity index (χ1n) is 8.89. The Morgan fingerprint density at radius 3 is 3.00 bits per heavy atom. The van der Waals surface area contributed by atoms with Crippen LogP contribution in [-0.2, 0) is 29.5 Å². The minimum Gasteiger partial charge on any atom is -0.375 e. The zero-order chi connectivity index (χ0) is 19.2. The normalized spacial score (nSPS) is 17.9. The fourth-order valence-corrected chi connectivity index (χ4v) is 4.11. The zero-order valence-electron chi connectivity index (χ0n) is 15.3. The monoisotopic (exact) mass is 409 g/mol. The number of carbonyl (C=O) groups is 1. The highest BCUT2D eigenvalue weighted by Gasteiger charge is 2.22. The van der Waals surface area contributed by atoms with Crippen molar-refractivity contribution in [1.29, 1.82) is 0 Å². The Labute approximate surface area is 168 Å². The molecular weight excluding hydrogens is 386 g/mol. The lowest BCUT2D eigenvalue weighted by atomic mass is 10.2. The number of primary amides is 1. The lowest BCUT2D eigenvalue weighted by Crippen LogP contribution is -2.43. The van der Waals surface area contributed by atoms with Gasteiger partial charge in [-0.25, -0.2) is 0 Å². The van der Waals surface area contributed by atoms with Gasteiger partial charge in [-0.2, -0.15) is 0 Å². The molecule has 0 aliphatic carbocycles. The van der Waals surface area contributed by atoms with Crippen molar-refractivity contribution >= 4 is 29.3 Å². The maximum absolute atomic E-state index is 10.9. The second-order valence-corrected chi connectivity index (χ2v) is 7.95. The van der Waals surface area contributed by atoms with E-state index in [-0.39, 0.29) is 18.4 Å². The number of thioether (sulfide) groups is 1. The van der Waals surface area contributed by atoms with Gasteiger partial charge < -0.3 is 15.0 Å². The van der Waals surface area contributed by atoms with E-state index in [2.05, 4.69) is 21.2 Å². The van der Waals surface area contributed by atoms with Crippen molar-refractivity contribution in [3.8, 4) is 0 Å². The van der Waals surface area contributed by atoms with Crippen molar-refractivity contribution in [2.24, 2.45) is 12.8 Å². The molecule has 0 spiro atoms. The maximum Gasteiger partial charge on any atom is 0.217 e. The summed E-state index contributed by atoms with van der Waals surface area (Å²) in [6.45, 7) is 3.28. The molecule has 1 aromatic carbocycles. The number of ether oxygens (including phenoxy) is 1. The molecule has 1 saturated heterocycles. The van der Waals surface area contributed by atoms with Crippen LogP contribution in [0.3, 0.4) is 0 Å². The van der Waals surface area contributed by atoms with E-state index < -0.39 is 0 Å². The molecule has 2 aromatic rings. The molecule has 1 aliphatic heterocycles. The molecule has 0 unspecified atom stereocenters. The predicted molar refractivity (Wildman–Crippen MR) is 106 cm³/mol. The van der Waals surface area contributed by atoms with Crippen molar-refractivity contribution < 1.29 is 9.53 Å². The van der Waals surface area contributed by atoms with E-state index in [0.717, 1.165) is 47.0 Å². The van der Waals surface area contributed by atoms with Gasteiger partial charge in [-0.05, 0) is 11.6 Å². The summed E-state index contributed by atoms with van der Waals surface area (Å²) in [6.07, 6.45) is 0.904. The Morgan fingerprint density at radius 1 is 1.41 bits per heavy atom. The van der Waals surface area contributed by atoms with Crippen LogP contribution in [-0.4, -0.2) is 57.1 Å². The molecular formula is C18H24ClN5O2S. The van der Waals surface area contributed by atoms with E-state index >= 15 is 0 Å². The summed E-state index contributed by atoms with van der Waals surface area (Å²) in [5.41, 5.74) is 6.34. The van der Waals surface area contributed by atoms with Crippen LogP contribution in [0.2, 0.25) is 5.02 Å². The summed E-state index contributed by atoms with van der Waals surface area (Å²) in [4.78, 5) is 13.3. The van der Waals surface area contributed by atoms with Crippen LogP contribution in [0.4, 0.5) is 0 Å². The number of rotatable bonds is 8. The molecule has 1 fully saturated rings. The molecule has 3 rings (SSSR count). The molecule has 1 aliphatic rings. The first kappa shape index (κ1) is 20.1. The van der Waals surface area contributed by atoms with E-state index in [1.807, 2.05) is 29.8 Å². The van der Waals surface area contributed by atoms with E-state index in [4.69, 9.17) is 22.1 Å². The van der Waals surface area contributed by atoms with E-state index in [9.17, 15) is 4.79 Å². The first-order valence-corrected chi connectivity index (χ1v) is 10.3. The lowest BCUT2D eigenvalue weighted by molar-refractivity contribution is -0.118. The topological polar surface area (TPSA) is 86.3 Å². The maximum atomic E-state index is 10.9. The molecule has 9 heteroatoms. The number of hydrogen-bond acceptors (Lipinski definition) is 6. The Hall–Kier alpha value is -1.61. The standard InChI is InChI=1S/C18H24ClN5O2S/c1-23-17(7-6-16(20)25)21-22-18(23)27-12-14-11-24(8-9-26-14)10-13-4-2-3-5-15(13)19/h2-5,14H,6-12H2,1H3,(H2,20,25)/t14-/m1/s1. The van der Waals surface area contributed by atoms with Gasteiger partial charge in [-0.3, -0.25) is 9.69 Å². The molecule has 2 N–H and O–H groups in total. The molecule has 1 aromatic heterocycles. The van der Waals surface area contributed by atoms with Crippen molar-refractivity contribution in [3.05, 3.63) is 40.7 Å². The molecule has 2 heterocycles. The van der Waals surface area contributed by atoms with Gasteiger partial charge in [0.05, 0.1) is 12.7 Å². The summed E-state index contributed by atoms with van der Waals surface area (Å²) in [7, 11) is 1.91. The number of aryl methyl sites for hydroxylation is 1. The van der Waals surface area contributed by atoms with E-state index in [0.29, 0.717) is 13.0 Å². The summed E-state index contributed by atoms with van der Waals surface area (Å²) in [5.74, 6) is 1.23. The van der Waals surface area contributed by atoms with Crippen LogP contribution in [0.15, 0.2) is 29.4 Å². The Kier molecular flexibility index (Phi) is 7.12. The van der Waals surface area contributed by atoms with E-state index in [1.54, 1.807) is 11.8 Å². The summed E-state index contributed by atoms with van der Waals surface area (Å²) >= 11 is 7.89. The van der Waals surface area contributed by atoms with Crippen LogP contribution in [0.25, 0.3) is 0 Å². The fraction of sp³-hybridized carbons (Fsp3) is 0.500. The second kappa shape index (κ2) is 9.54. The van der Waals surface area contributed by atoms with Gasteiger partial charge in [-0.15, -0.1) is 10.2 Å². The average molecular weight is 410 g/mol. The minimum atomic E-state index is -0.332. The fourth-order valence-electron chi connectivity index (χ4n) is 2.98. The Bertz CT molecular complexity index is 785. The summed E-state index contributed by atoms with van der Waals surface area (Å²) in [6, 6.07) is 7.95. The van der Waals surface area contributed by atoms with Gasteiger partial charge in [0, 0.05) is 50.3 Å². The second-order valence-electron chi connectivity index (χ2n) is 6.55. The average Bonchev–Trinajstić information content (AvgIpc) is 3.00. The molecule has 0 radical (unpaired) electrons. The number of halogens is 1. The predicted octanol–water partition coefficient (Wildman–Crippen LogP) is 1.88. The first-order chi connectivity index (χ1) is 13.0. The SMILES string of the molecule is Cn1c(CCC(N)=O)nnc1SC[C@H]1CN(Cc2ccccc2Cl)CCO1. The highest BCUT2D eigenvalue weighted by atomic mass is 35.5. The van der Waals surface area contributed by atoms with Gasteiger partial charge in [0.25, 0.3) is 0 Å². The van der Waals surface area contributed by atoms with Crippen LogP contribution in [0.5, 0.6) is 0 Å². The zero-order valence-corrected chi connectivity index (χ0v) is 16.9. The number of nitrogens with zero attached hydrogens (tertiary/aromatic N) is 4.